The summed E-state index contributed by atoms with van der Waals surface area (Å²) in [6.45, 7) is 11.0. The number of pyridine rings is 1. The van der Waals surface area contributed by atoms with Gasteiger partial charge in [-0.1, -0.05) is 50.3 Å². The molecule has 1 saturated heterocycles. The Kier molecular flexibility index (Phi) is 6.02. The Labute approximate surface area is 196 Å². The molecule has 3 heterocycles. The van der Waals surface area contributed by atoms with Crippen molar-refractivity contribution < 1.29 is 0 Å². The Morgan fingerprint density at radius 3 is 2.58 bits per heavy atom. The fourth-order valence-corrected chi connectivity index (χ4v) is 5.15. The molecule has 2 aliphatic rings. The maximum Gasteiger partial charge on any atom is 0.136 e. The molecule has 1 aromatic carbocycles. The summed E-state index contributed by atoms with van der Waals surface area (Å²) in [5.74, 6) is 2.20. The second-order valence-electron chi connectivity index (χ2n) is 9.40. The van der Waals surface area contributed by atoms with Crippen LogP contribution < -0.4 is 4.90 Å². The molecule has 1 aliphatic heterocycles. The molecule has 6 nitrogen and oxygen atoms in total. The normalized spacial score (nSPS) is 21.9. The molecule has 33 heavy (non-hydrogen) atoms. The zero-order chi connectivity index (χ0) is 22.9. The lowest BCUT2D eigenvalue weighted by molar-refractivity contribution is 0.312. The molecule has 0 saturated carbocycles. The summed E-state index contributed by atoms with van der Waals surface area (Å²) in [6.07, 6.45) is 9.10. The number of para-hydroxylation sites is 1. The fourth-order valence-electron chi connectivity index (χ4n) is 5.15. The van der Waals surface area contributed by atoms with Gasteiger partial charge in [-0.15, -0.1) is 5.10 Å². The Morgan fingerprint density at radius 2 is 1.82 bits per heavy atom. The van der Waals surface area contributed by atoms with E-state index in [2.05, 4.69) is 72.2 Å². The number of nitrogens with zero attached hydrogens (tertiary/aromatic N) is 6. The first-order valence-electron chi connectivity index (χ1n) is 12.3. The van der Waals surface area contributed by atoms with Gasteiger partial charge in [-0.05, 0) is 61.1 Å². The van der Waals surface area contributed by atoms with Crippen LogP contribution in [0.15, 0.2) is 54.3 Å². The summed E-state index contributed by atoms with van der Waals surface area (Å²) >= 11 is 0. The van der Waals surface area contributed by atoms with Crippen LogP contribution in [0.1, 0.15) is 39.2 Å². The van der Waals surface area contributed by atoms with Crippen LogP contribution in [0.5, 0.6) is 0 Å². The predicted molar refractivity (Wildman–Crippen MR) is 136 cm³/mol. The van der Waals surface area contributed by atoms with E-state index in [1.807, 2.05) is 29.1 Å². The average molecular weight is 443 g/mol. The standard InChI is InChI=1S/C27H34N6/c1-5-20-16-23(21(6-2)15-19(20)3)24-17-22(33-26-10-8-7-9-25(26)29-30-33)18-28-27(24)32-13-11-31(4)12-14-32/h7-10,15-20H,5-6,11-14H2,1-4H3. The minimum atomic E-state index is 0.548. The Balaban J connectivity index is 1.66. The van der Waals surface area contributed by atoms with Crippen molar-refractivity contribution in [2.24, 2.45) is 11.8 Å². The van der Waals surface area contributed by atoms with Gasteiger partial charge in [0.1, 0.15) is 11.3 Å². The van der Waals surface area contributed by atoms with Gasteiger partial charge >= 0.3 is 0 Å². The summed E-state index contributed by atoms with van der Waals surface area (Å²) in [6, 6.07) is 10.4. The average Bonchev–Trinajstić information content (AvgIpc) is 3.28. The van der Waals surface area contributed by atoms with Crippen molar-refractivity contribution in [2.45, 2.75) is 33.6 Å². The van der Waals surface area contributed by atoms with Crippen molar-refractivity contribution in [1.29, 1.82) is 0 Å². The second-order valence-corrected chi connectivity index (χ2v) is 9.40. The first-order chi connectivity index (χ1) is 16.1. The zero-order valence-corrected chi connectivity index (χ0v) is 20.2. The van der Waals surface area contributed by atoms with Crippen LogP contribution in [-0.2, 0) is 0 Å². The summed E-state index contributed by atoms with van der Waals surface area (Å²) in [7, 11) is 2.19. The van der Waals surface area contributed by atoms with Crippen molar-refractivity contribution in [3.63, 3.8) is 0 Å². The number of allylic oxidation sites excluding steroid dienone is 4. The van der Waals surface area contributed by atoms with E-state index >= 15 is 0 Å². The molecular weight excluding hydrogens is 408 g/mol. The number of hydrogen-bond acceptors (Lipinski definition) is 5. The first-order valence-corrected chi connectivity index (χ1v) is 12.3. The minimum absolute atomic E-state index is 0.548. The quantitative estimate of drug-likeness (QED) is 0.559. The Hall–Kier alpha value is -2.99. The number of aromatic nitrogens is 4. The highest BCUT2D eigenvalue weighted by atomic mass is 15.4. The van der Waals surface area contributed by atoms with Crippen LogP contribution in [0.3, 0.4) is 0 Å². The largest absolute Gasteiger partial charge is 0.354 e. The van der Waals surface area contributed by atoms with Gasteiger partial charge in [-0.3, -0.25) is 0 Å². The van der Waals surface area contributed by atoms with Crippen LogP contribution in [0.25, 0.3) is 22.3 Å². The summed E-state index contributed by atoms with van der Waals surface area (Å²) in [5, 5.41) is 8.83. The molecule has 0 bridgehead atoms. The molecular formula is C27H34N6. The van der Waals surface area contributed by atoms with E-state index in [-0.39, 0.29) is 0 Å². The van der Waals surface area contributed by atoms with E-state index in [0.29, 0.717) is 11.8 Å². The Morgan fingerprint density at radius 1 is 1.03 bits per heavy atom. The molecule has 6 heteroatoms. The second kappa shape index (κ2) is 9.10. The highest BCUT2D eigenvalue weighted by molar-refractivity contribution is 5.87. The van der Waals surface area contributed by atoms with Crippen LogP contribution in [-0.4, -0.2) is 58.1 Å². The fraction of sp³-hybridized carbons (Fsp3) is 0.444. The zero-order valence-electron chi connectivity index (χ0n) is 20.2. The lowest BCUT2D eigenvalue weighted by Gasteiger charge is -2.35. The number of hydrogen-bond donors (Lipinski definition) is 0. The van der Waals surface area contributed by atoms with Crippen molar-refractivity contribution in [2.75, 3.05) is 38.1 Å². The molecule has 0 spiro atoms. The molecule has 1 fully saturated rings. The van der Waals surface area contributed by atoms with Crippen LogP contribution in [0.4, 0.5) is 5.82 Å². The van der Waals surface area contributed by atoms with Gasteiger partial charge in [0.2, 0.25) is 0 Å². The SMILES string of the molecule is CCC1=CC(C)C(CC)C=C1c1cc(-n2nnc3ccccc32)cnc1N1CCN(C)CC1. The van der Waals surface area contributed by atoms with Gasteiger partial charge in [-0.2, -0.15) is 0 Å². The minimum Gasteiger partial charge on any atom is -0.354 e. The van der Waals surface area contributed by atoms with Gasteiger partial charge < -0.3 is 9.80 Å². The molecule has 5 rings (SSSR count). The van der Waals surface area contributed by atoms with Crippen molar-refractivity contribution in [3.8, 4) is 5.69 Å². The van der Waals surface area contributed by atoms with Crippen LogP contribution >= 0.6 is 0 Å². The molecule has 0 N–H and O–H groups in total. The molecule has 0 radical (unpaired) electrons. The van der Waals surface area contributed by atoms with Crippen molar-refractivity contribution >= 4 is 22.4 Å². The van der Waals surface area contributed by atoms with Crippen molar-refractivity contribution in [1.82, 2.24) is 24.9 Å². The van der Waals surface area contributed by atoms with Gasteiger partial charge in [0.05, 0.1) is 17.4 Å². The van der Waals surface area contributed by atoms with Crippen LogP contribution in [0.2, 0.25) is 0 Å². The molecule has 1 aliphatic carbocycles. The van der Waals surface area contributed by atoms with E-state index < -0.39 is 0 Å². The molecule has 2 atom stereocenters. The third-order valence-electron chi connectivity index (χ3n) is 7.26. The topological polar surface area (TPSA) is 50.1 Å². The number of likely N-dealkylation sites (N-methyl/N-ethyl adjacent to an activating group) is 1. The van der Waals surface area contributed by atoms with Gasteiger partial charge in [-0.25, -0.2) is 9.67 Å². The Bertz CT molecular complexity index is 1200. The third-order valence-corrected chi connectivity index (χ3v) is 7.26. The number of fused-ring (bicyclic) bond motifs is 1. The molecule has 0 amide bonds. The van der Waals surface area contributed by atoms with E-state index in [4.69, 9.17) is 4.98 Å². The van der Waals surface area contributed by atoms with Crippen LogP contribution in [0, 0.1) is 11.8 Å². The van der Waals surface area contributed by atoms with Crippen molar-refractivity contribution in [3.05, 3.63) is 59.8 Å². The smallest absolute Gasteiger partial charge is 0.136 e. The predicted octanol–water partition coefficient (Wildman–Crippen LogP) is 4.96. The molecule has 3 aromatic rings. The van der Waals surface area contributed by atoms with E-state index in [1.54, 1.807) is 0 Å². The summed E-state index contributed by atoms with van der Waals surface area (Å²) < 4.78 is 1.91. The highest BCUT2D eigenvalue weighted by Gasteiger charge is 2.26. The number of anilines is 1. The van der Waals surface area contributed by atoms with Gasteiger partial charge in [0.25, 0.3) is 0 Å². The molecule has 172 valence electrons. The third kappa shape index (κ3) is 4.08. The molecule has 2 aromatic heterocycles. The molecule has 2 unspecified atom stereocenters. The number of rotatable bonds is 5. The number of benzene rings is 1. The monoisotopic (exact) mass is 442 g/mol. The van der Waals surface area contributed by atoms with Gasteiger partial charge in [0.15, 0.2) is 0 Å². The lowest BCUT2D eigenvalue weighted by Crippen LogP contribution is -2.45. The summed E-state index contributed by atoms with van der Waals surface area (Å²) in [4.78, 5) is 9.89. The van der Waals surface area contributed by atoms with E-state index in [9.17, 15) is 0 Å². The van der Waals surface area contributed by atoms with E-state index in [0.717, 1.165) is 61.6 Å². The van der Waals surface area contributed by atoms with Gasteiger partial charge in [0, 0.05) is 31.7 Å². The van der Waals surface area contributed by atoms with E-state index in [1.165, 1.54) is 16.7 Å². The first kappa shape index (κ1) is 21.8. The maximum absolute atomic E-state index is 5.05. The highest BCUT2D eigenvalue weighted by Crippen LogP contribution is 2.40. The number of piperazine rings is 1. The summed E-state index contributed by atoms with van der Waals surface area (Å²) in [5.41, 5.74) is 6.84. The maximum atomic E-state index is 5.05. The lowest BCUT2D eigenvalue weighted by atomic mass is 9.79.